The van der Waals surface area contributed by atoms with E-state index in [0.29, 0.717) is 10.6 Å². The van der Waals surface area contributed by atoms with Gasteiger partial charge in [0.1, 0.15) is 5.65 Å². The molecule has 0 atom stereocenters. The van der Waals surface area contributed by atoms with Crippen molar-refractivity contribution in [1.82, 2.24) is 9.38 Å². The van der Waals surface area contributed by atoms with Crippen LogP contribution in [0.15, 0.2) is 59.3 Å². The molecule has 0 radical (unpaired) electrons. The first-order valence-electron chi connectivity index (χ1n) is 6.24. The van der Waals surface area contributed by atoms with Gasteiger partial charge in [0.15, 0.2) is 5.78 Å². The molecular formula is C16H10BrClN2O. The van der Waals surface area contributed by atoms with Crippen LogP contribution in [0.1, 0.15) is 16.1 Å². The first-order chi connectivity index (χ1) is 10.1. The Hall–Kier alpha value is -1.91. The van der Waals surface area contributed by atoms with Crippen LogP contribution in [0, 0.1) is 0 Å². The molecule has 1 aromatic carbocycles. The van der Waals surface area contributed by atoms with E-state index < -0.39 is 0 Å². The maximum atomic E-state index is 12.1. The predicted octanol–water partition coefficient (Wildman–Crippen LogP) is 4.65. The number of benzene rings is 1. The molecule has 0 aliphatic rings. The number of allylic oxidation sites excluding steroid dienone is 1. The third-order valence-electron chi connectivity index (χ3n) is 3.03. The Labute approximate surface area is 135 Å². The van der Waals surface area contributed by atoms with E-state index in [1.165, 1.54) is 6.08 Å². The van der Waals surface area contributed by atoms with E-state index in [1.807, 2.05) is 22.7 Å². The third-order valence-corrected chi connectivity index (χ3v) is 3.75. The largest absolute Gasteiger partial charge is 0.299 e. The van der Waals surface area contributed by atoms with Gasteiger partial charge in [-0.05, 0) is 64.5 Å². The number of hydrogen-bond donors (Lipinski definition) is 0. The lowest BCUT2D eigenvalue weighted by molar-refractivity contribution is 0.104. The monoisotopic (exact) mass is 360 g/mol. The van der Waals surface area contributed by atoms with Crippen LogP contribution in [0.3, 0.4) is 0 Å². The van der Waals surface area contributed by atoms with Gasteiger partial charge in [0.2, 0.25) is 0 Å². The van der Waals surface area contributed by atoms with Crippen LogP contribution >= 0.6 is 27.5 Å². The van der Waals surface area contributed by atoms with E-state index in [2.05, 4.69) is 20.9 Å². The average Bonchev–Trinajstić information content (AvgIpc) is 2.88. The fourth-order valence-electron chi connectivity index (χ4n) is 1.97. The second-order valence-electron chi connectivity index (χ2n) is 4.46. The number of halogens is 2. The summed E-state index contributed by atoms with van der Waals surface area (Å²) in [6, 6.07) is 10.7. The van der Waals surface area contributed by atoms with E-state index in [1.54, 1.807) is 36.5 Å². The number of ketones is 1. The number of carbonyl (C=O) groups excluding carboxylic acids is 1. The Morgan fingerprint density at radius 1 is 1.19 bits per heavy atom. The summed E-state index contributed by atoms with van der Waals surface area (Å²) in [4.78, 5) is 16.4. The van der Waals surface area contributed by atoms with Crippen LogP contribution < -0.4 is 0 Å². The van der Waals surface area contributed by atoms with Crippen LogP contribution in [0.25, 0.3) is 11.7 Å². The van der Waals surface area contributed by atoms with Crippen molar-refractivity contribution in [2.24, 2.45) is 0 Å². The van der Waals surface area contributed by atoms with E-state index >= 15 is 0 Å². The molecule has 104 valence electrons. The number of aromatic nitrogens is 2. The predicted molar refractivity (Wildman–Crippen MR) is 87.7 cm³/mol. The molecule has 0 fully saturated rings. The van der Waals surface area contributed by atoms with Gasteiger partial charge in [-0.3, -0.25) is 9.20 Å². The lowest BCUT2D eigenvalue weighted by atomic mass is 10.1. The first kappa shape index (κ1) is 14.0. The number of nitrogens with zero attached hydrogens (tertiary/aromatic N) is 2. The molecular weight excluding hydrogens is 352 g/mol. The maximum Gasteiger partial charge on any atom is 0.185 e. The van der Waals surface area contributed by atoms with E-state index in [-0.39, 0.29) is 5.78 Å². The van der Waals surface area contributed by atoms with E-state index in [9.17, 15) is 4.79 Å². The SMILES string of the molecule is O=C(/C=C/c1cnc2ccc(Br)cn12)c1ccc(Cl)cc1. The van der Waals surface area contributed by atoms with Gasteiger partial charge in [0.05, 0.1) is 11.9 Å². The average molecular weight is 362 g/mol. The fourth-order valence-corrected chi connectivity index (χ4v) is 2.43. The summed E-state index contributed by atoms with van der Waals surface area (Å²) in [5, 5.41) is 0.613. The van der Waals surface area contributed by atoms with Gasteiger partial charge in [-0.2, -0.15) is 0 Å². The molecule has 2 aromatic heterocycles. The van der Waals surface area contributed by atoms with Gasteiger partial charge < -0.3 is 0 Å². The summed E-state index contributed by atoms with van der Waals surface area (Å²) < 4.78 is 2.86. The molecule has 0 unspecified atom stereocenters. The van der Waals surface area contributed by atoms with Gasteiger partial charge in [-0.15, -0.1) is 0 Å². The van der Waals surface area contributed by atoms with Gasteiger partial charge >= 0.3 is 0 Å². The highest BCUT2D eigenvalue weighted by atomic mass is 79.9. The number of fused-ring (bicyclic) bond motifs is 1. The van der Waals surface area contributed by atoms with Crippen LogP contribution in [-0.4, -0.2) is 15.2 Å². The minimum absolute atomic E-state index is 0.0726. The second-order valence-corrected chi connectivity index (χ2v) is 5.82. The van der Waals surface area contributed by atoms with Crippen molar-refractivity contribution in [3.05, 3.63) is 75.6 Å². The zero-order chi connectivity index (χ0) is 14.8. The van der Waals surface area contributed by atoms with Crippen molar-refractivity contribution in [2.45, 2.75) is 0 Å². The molecule has 3 aromatic rings. The van der Waals surface area contributed by atoms with E-state index in [0.717, 1.165) is 15.8 Å². The molecule has 0 aliphatic heterocycles. The Kier molecular flexibility index (Phi) is 3.90. The molecule has 0 spiro atoms. The Balaban J connectivity index is 1.89. The second kappa shape index (κ2) is 5.84. The van der Waals surface area contributed by atoms with Crippen molar-refractivity contribution in [2.75, 3.05) is 0 Å². The maximum absolute atomic E-state index is 12.1. The van der Waals surface area contributed by atoms with Gasteiger partial charge in [-0.1, -0.05) is 11.6 Å². The smallest absolute Gasteiger partial charge is 0.185 e. The van der Waals surface area contributed by atoms with Crippen LogP contribution in [-0.2, 0) is 0 Å². The standard InChI is InChI=1S/C16H10BrClN2O/c17-12-3-8-16-19-9-14(20(16)10-12)6-7-15(21)11-1-4-13(18)5-2-11/h1-10H/b7-6+. The molecule has 0 aliphatic carbocycles. The molecule has 0 N–H and O–H groups in total. The van der Waals surface area contributed by atoms with Crippen molar-refractivity contribution >= 4 is 45.0 Å². The number of carbonyl (C=O) groups is 1. The van der Waals surface area contributed by atoms with Crippen molar-refractivity contribution < 1.29 is 4.79 Å². The summed E-state index contributed by atoms with van der Waals surface area (Å²) in [7, 11) is 0. The van der Waals surface area contributed by atoms with E-state index in [4.69, 9.17) is 11.6 Å². The van der Waals surface area contributed by atoms with Crippen LogP contribution in [0.4, 0.5) is 0 Å². The molecule has 2 heterocycles. The molecule has 0 saturated heterocycles. The number of imidazole rings is 1. The van der Waals surface area contributed by atoms with Gasteiger partial charge in [0.25, 0.3) is 0 Å². The summed E-state index contributed by atoms with van der Waals surface area (Å²) in [6.45, 7) is 0. The van der Waals surface area contributed by atoms with Crippen LogP contribution in [0.5, 0.6) is 0 Å². The minimum Gasteiger partial charge on any atom is -0.299 e. The topological polar surface area (TPSA) is 34.4 Å². The molecule has 21 heavy (non-hydrogen) atoms. The fraction of sp³-hybridized carbons (Fsp3) is 0. The lowest BCUT2D eigenvalue weighted by Crippen LogP contribution is -1.94. The van der Waals surface area contributed by atoms with Crippen LogP contribution in [0.2, 0.25) is 5.02 Å². The molecule has 0 amide bonds. The summed E-state index contributed by atoms with van der Waals surface area (Å²) in [6.07, 6.45) is 6.93. The lowest BCUT2D eigenvalue weighted by Gasteiger charge is -1.98. The van der Waals surface area contributed by atoms with Gasteiger partial charge in [-0.25, -0.2) is 4.98 Å². The molecule has 3 nitrogen and oxygen atoms in total. The van der Waals surface area contributed by atoms with Crippen molar-refractivity contribution in [1.29, 1.82) is 0 Å². The zero-order valence-corrected chi connectivity index (χ0v) is 13.2. The molecule has 3 rings (SSSR count). The summed E-state index contributed by atoms with van der Waals surface area (Å²) in [5.74, 6) is -0.0726. The number of pyridine rings is 1. The zero-order valence-electron chi connectivity index (χ0n) is 10.8. The summed E-state index contributed by atoms with van der Waals surface area (Å²) >= 11 is 9.23. The third kappa shape index (κ3) is 3.06. The quantitative estimate of drug-likeness (QED) is 0.503. The molecule has 5 heteroatoms. The van der Waals surface area contributed by atoms with Crippen molar-refractivity contribution in [3.8, 4) is 0 Å². The minimum atomic E-state index is -0.0726. The first-order valence-corrected chi connectivity index (χ1v) is 7.41. The van der Waals surface area contributed by atoms with Crippen molar-refractivity contribution in [3.63, 3.8) is 0 Å². The molecule has 0 saturated carbocycles. The highest BCUT2D eigenvalue weighted by Crippen LogP contribution is 2.15. The molecule has 0 bridgehead atoms. The highest BCUT2D eigenvalue weighted by Gasteiger charge is 2.04. The normalized spacial score (nSPS) is 11.3. The number of rotatable bonds is 3. The number of hydrogen-bond acceptors (Lipinski definition) is 2. The Morgan fingerprint density at radius 3 is 2.71 bits per heavy atom. The Morgan fingerprint density at radius 2 is 1.95 bits per heavy atom. The summed E-state index contributed by atoms with van der Waals surface area (Å²) in [5.41, 5.74) is 2.27. The Bertz CT molecular complexity index is 837. The van der Waals surface area contributed by atoms with Gasteiger partial charge in [0, 0.05) is 21.3 Å². The highest BCUT2D eigenvalue weighted by molar-refractivity contribution is 9.10.